The molecule has 3 heteroatoms. The van der Waals surface area contributed by atoms with E-state index >= 15 is 0 Å². The van der Waals surface area contributed by atoms with Gasteiger partial charge in [0.1, 0.15) is 5.75 Å². The van der Waals surface area contributed by atoms with Crippen molar-refractivity contribution in [3.05, 3.63) is 63.6 Å². The molecule has 1 atom stereocenters. The lowest BCUT2D eigenvalue weighted by Crippen LogP contribution is -2.34. The van der Waals surface area contributed by atoms with E-state index in [1.54, 1.807) is 7.11 Å². The van der Waals surface area contributed by atoms with Crippen molar-refractivity contribution in [1.82, 2.24) is 5.32 Å². The predicted octanol–water partition coefficient (Wildman–Crippen LogP) is 4.10. The lowest BCUT2D eigenvalue weighted by molar-refractivity contribution is 0.411. The van der Waals surface area contributed by atoms with Crippen LogP contribution in [0, 0.1) is 0 Å². The van der Waals surface area contributed by atoms with Gasteiger partial charge in [0, 0.05) is 17.1 Å². The average molecular weight is 346 g/mol. The van der Waals surface area contributed by atoms with E-state index < -0.39 is 0 Å². The monoisotopic (exact) mass is 345 g/mol. The lowest BCUT2D eigenvalue weighted by Gasteiger charge is -2.26. The third kappa shape index (κ3) is 3.47. The van der Waals surface area contributed by atoms with Gasteiger partial charge in [-0.2, -0.15) is 0 Å². The summed E-state index contributed by atoms with van der Waals surface area (Å²) in [6.45, 7) is 0.908. The molecule has 0 radical (unpaired) electrons. The number of benzene rings is 2. The molecule has 0 bridgehead atoms. The molecular weight excluding hydrogens is 326 g/mol. The van der Waals surface area contributed by atoms with Crippen LogP contribution in [0.1, 0.15) is 23.1 Å². The number of ether oxygens (including phenoxy) is 1. The molecule has 0 fully saturated rings. The van der Waals surface area contributed by atoms with E-state index in [1.165, 1.54) is 27.6 Å². The Balaban J connectivity index is 1.65. The molecule has 1 aliphatic carbocycles. The van der Waals surface area contributed by atoms with E-state index in [2.05, 4.69) is 63.7 Å². The highest BCUT2D eigenvalue weighted by molar-refractivity contribution is 9.10. The Hall–Kier alpha value is -1.32. The molecular formula is C18H20BrNO. The number of hydrogen-bond donors (Lipinski definition) is 1. The van der Waals surface area contributed by atoms with Crippen LogP contribution in [-0.4, -0.2) is 13.2 Å². The van der Waals surface area contributed by atoms with Crippen LogP contribution in [0.4, 0.5) is 0 Å². The van der Waals surface area contributed by atoms with Gasteiger partial charge in [0.2, 0.25) is 0 Å². The molecule has 1 aliphatic rings. The van der Waals surface area contributed by atoms with Gasteiger partial charge in [-0.25, -0.2) is 0 Å². The third-order valence-electron chi connectivity index (χ3n) is 4.18. The fourth-order valence-corrected chi connectivity index (χ4v) is 3.36. The minimum absolute atomic E-state index is 0.539. The van der Waals surface area contributed by atoms with Gasteiger partial charge in [-0.05, 0) is 54.2 Å². The number of nitrogens with one attached hydrogen (secondary N) is 1. The molecule has 1 N–H and O–H groups in total. The molecule has 110 valence electrons. The molecule has 0 heterocycles. The molecule has 2 nitrogen and oxygen atoms in total. The van der Waals surface area contributed by atoms with Crippen molar-refractivity contribution < 1.29 is 4.74 Å². The predicted molar refractivity (Wildman–Crippen MR) is 89.8 cm³/mol. The van der Waals surface area contributed by atoms with Crippen molar-refractivity contribution in [3.63, 3.8) is 0 Å². The summed E-state index contributed by atoms with van der Waals surface area (Å²) in [4.78, 5) is 0. The van der Waals surface area contributed by atoms with Crippen LogP contribution in [0.3, 0.4) is 0 Å². The van der Waals surface area contributed by atoms with Crippen molar-refractivity contribution in [3.8, 4) is 5.75 Å². The summed E-state index contributed by atoms with van der Waals surface area (Å²) in [6.07, 6.45) is 3.42. The fraction of sp³-hybridized carbons (Fsp3) is 0.333. The molecule has 0 amide bonds. The largest absolute Gasteiger partial charge is 0.497 e. The summed E-state index contributed by atoms with van der Waals surface area (Å²) in [6, 6.07) is 15.4. The first-order chi connectivity index (χ1) is 10.3. The molecule has 0 aromatic heterocycles. The van der Waals surface area contributed by atoms with Crippen molar-refractivity contribution in [2.45, 2.75) is 31.8 Å². The van der Waals surface area contributed by atoms with Crippen LogP contribution in [0.5, 0.6) is 5.75 Å². The lowest BCUT2D eigenvalue weighted by atomic mass is 9.88. The summed E-state index contributed by atoms with van der Waals surface area (Å²) in [5.41, 5.74) is 4.20. The van der Waals surface area contributed by atoms with Crippen LogP contribution < -0.4 is 10.1 Å². The Labute approximate surface area is 134 Å². The minimum atomic E-state index is 0.539. The zero-order valence-electron chi connectivity index (χ0n) is 12.2. The molecule has 2 aromatic carbocycles. The molecule has 3 rings (SSSR count). The molecule has 21 heavy (non-hydrogen) atoms. The fourth-order valence-electron chi connectivity index (χ4n) is 2.93. The summed E-state index contributed by atoms with van der Waals surface area (Å²) in [7, 11) is 1.73. The number of fused-ring (bicyclic) bond motifs is 1. The van der Waals surface area contributed by atoms with Gasteiger partial charge in [-0.1, -0.05) is 40.2 Å². The second kappa shape index (κ2) is 6.63. The number of aryl methyl sites for hydroxylation is 1. The van der Waals surface area contributed by atoms with Gasteiger partial charge >= 0.3 is 0 Å². The maximum absolute atomic E-state index is 5.33. The maximum Gasteiger partial charge on any atom is 0.119 e. The van der Waals surface area contributed by atoms with E-state index in [1.807, 2.05) is 0 Å². The number of rotatable bonds is 4. The molecule has 1 unspecified atom stereocenters. The van der Waals surface area contributed by atoms with E-state index in [-0.39, 0.29) is 0 Å². The number of halogens is 1. The van der Waals surface area contributed by atoms with Gasteiger partial charge < -0.3 is 10.1 Å². The highest BCUT2D eigenvalue weighted by atomic mass is 79.9. The van der Waals surface area contributed by atoms with Crippen molar-refractivity contribution >= 4 is 15.9 Å². The Bertz CT molecular complexity index is 626. The first-order valence-corrected chi connectivity index (χ1v) is 8.18. The van der Waals surface area contributed by atoms with Crippen LogP contribution in [0.25, 0.3) is 0 Å². The molecule has 0 saturated heterocycles. The number of methoxy groups -OCH3 is 1. The normalized spacial score (nSPS) is 17.3. The molecule has 0 saturated carbocycles. The molecule has 0 aliphatic heterocycles. The second-order valence-corrected chi connectivity index (χ2v) is 6.40. The zero-order chi connectivity index (χ0) is 14.7. The SMILES string of the molecule is COc1ccc2c(c1)CC(NCc1ccccc1Br)CC2. The van der Waals surface area contributed by atoms with Gasteiger partial charge in [0.25, 0.3) is 0 Å². The Morgan fingerprint density at radius 1 is 1.19 bits per heavy atom. The van der Waals surface area contributed by atoms with Gasteiger partial charge in [0.05, 0.1) is 7.11 Å². The van der Waals surface area contributed by atoms with Crippen molar-refractivity contribution in [2.75, 3.05) is 7.11 Å². The highest BCUT2D eigenvalue weighted by Crippen LogP contribution is 2.26. The van der Waals surface area contributed by atoms with E-state index in [0.29, 0.717) is 6.04 Å². The Morgan fingerprint density at radius 2 is 2.05 bits per heavy atom. The van der Waals surface area contributed by atoms with Crippen LogP contribution in [-0.2, 0) is 19.4 Å². The van der Waals surface area contributed by atoms with Crippen molar-refractivity contribution in [2.24, 2.45) is 0 Å². The second-order valence-electron chi connectivity index (χ2n) is 5.55. The smallest absolute Gasteiger partial charge is 0.119 e. The van der Waals surface area contributed by atoms with Crippen LogP contribution in [0.2, 0.25) is 0 Å². The third-order valence-corrected chi connectivity index (χ3v) is 4.95. The summed E-state index contributed by atoms with van der Waals surface area (Å²) in [5.74, 6) is 0.959. The quantitative estimate of drug-likeness (QED) is 0.900. The van der Waals surface area contributed by atoms with Crippen LogP contribution in [0.15, 0.2) is 46.9 Å². The summed E-state index contributed by atoms with van der Waals surface area (Å²) < 4.78 is 6.51. The maximum atomic E-state index is 5.33. The highest BCUT2D eigenvalue weighted by Gasteiger charge is 2.18. The van der Waals surface area contributed by atoms with E-state index in [0.717, 1.165) is 25.1 Å². The Morgan fingerprint density at radius 3 is 2.86 bits per heavy atom. The number of hydrogen-bond acceptors (Lipinski definition) is 2. The van der Waals surface area contributed by atoms with Gasteiger partial charge in [-0.15, -0.1) is 0 Å². The summed E-state index contributed by atoms with van der Waals surface area (Å²) >= 11 is 3.61. The molecule has 2 aromatic rings. The topological polar surface area (TPSA) is 21.3 Å². The Kier molecular flexibility index (Phi) is 4.61. The van der Waals surface area contributed by atoms with Crippen LogP contribution >= 0.6 is 15.9 Å². The standard InChI is InChI=1S/C18H20BrNO/c1-21-17-9-7-13-6-8-16(10-15(13)11-17)20-12-14-4-2-3-5-18(14)19/h2-5,7,9,11,16,20H,6,8,10,12H2,1H3. The van der Waals surface area contributed by atoms with E-state index in [9.17, 15) is 0 Å². The van der Waals surface area contributed by atoms with Gasteiger partial charge in [-0.3, -0.25) is 0 Å². The first kappa shape index (κ1) is 14.6. The summed E-state index contributed by atoms with van der Waals surface area (Å²) in [5, 5.41) is 3.69. The van der Waals surface area contributed by atoms with Gasteiger partial charge in [0.15, 0.2) is 0 Å². The first-order valence-electron chi connectivity index (χ1n) is 7.39. The van der Waals surface area contributed by atoms with E-state index in [4.69, 9.17) is 4.74 Å². The van der Waals surface area contributed by atoms with Crippen molar-refractivity contribution in [1.29, 1.82) is 0 Å². The minimum Gasteiger partial charge on any atom is -0.497 e. The zero-order valence-corrected chi connectivity index (χ0v) is 13.8. The average Bonchev–Trinajstić information content (AvgIpc) is 2.53. The molecule has 0 spiro atoms.